The first kappa shape index (κ1) is 30.5. The number of nitrogen functional groups attached to an aromatic ring is 1. The summed E-state index contributed by atoms with van der Waals surface area (Å²) in [7, 11) is 0. The van der Waals surface area contributed by atoms with Crippen LogP contribution in [0.25, 0.3) is 0 Å². The maximum atomic E-state index is 13.2. The summed E-state index contributed by atoms with van der Waals surface area (Å²) in [6.07, 6.45) is 1.35. The number of fused-ring (bicyclic) bond motifs is 1. The number of nitrogens with zero attached hydrogens (tertiary/aromatic N) is 4. The third-order valence-electron chi connectivity index (χ3n) is 5.90. The van der Waals surface area contributed by atoms with Gasteiger partial charge in [-0.3, -0.25) is 19.3 Å². The number of hydrogen-bond acceptors (Lipinski definition) is 13. The highest BCUT2D eigenvalue weighted by atomic mass is 35.5. The molecule has 2 aromatic heterocycles. The molecule has 0 aromatic carbocycles. The van der Waals surface area contributed by atoms with Gasteiger partial charge in [0.1, 0.15) is 21.4 Å². The van der Waals surface area contributed by atoms with E-state index in [1.54, 1.807) is 0 Å². The zero-order valence-corrected chi connectivity index (χ0v) is 24.1. The van der Waals surface area contributed by atoms with Crippen LogP contribution in [0.3, 0.4) is 0 Å². The zero-order valence-electron chi connectivity index (χ0n) is 21.7. The van der Waals surface area contributed by atoms with Gasteiger partial charge in [0.05, 0.1) is 17.4 Å². The van der Waals surface area contributed by atoms with Gasteiger partial charge in [-0.2, -0.15) is 4.57 Å². The summed E-state index contributed by atoms with van der Waals surface area (Å²) in [5.74, 6) is -5.25. The van der Waals surface area contributed by atoms with Crippen LogP contribution in [0.15, 0.2) is 34.9 Å². The van der Waals surface area contributed by atoms with E-state index in [-0.39, 0.29) is 44.6 Å². The number of thioether (sulfide) groups is 1. The second kappa shape index (κ2) is 12.2. The second-order valence-corrected chi connectivity index (χ2v) is 11.6. The van der Waals surface area contributed by atoms with Crippen molar-refractivity contribution in [3.05, 3.63) is 39.8 Å². The number of carbonyl (C=O) groups excluding carboxylic acids is 4. The minimum Gasteiger partial charge on any atom is -0.543 e. The van der Waals surface area contributed by atoms with E-state index in [0.717, 1.165) is 16.2 Å². The molecule has 4 heterocycles. The second-order valence-electron chi connectivity index (χ2n) is 8.90. The molecule has 1 fully saturated rings. The van der Waals surface area contributed by atoms with E-state index in [0.29, 0.717) is 5.57 Å². The lowest BCUT2D eigenvalue weighted by atomic mass is 10.0. The third-order valence-corrected chi connectivity index (χ3v) is 8.32. The van der Waals surface area contributed by atoms with Gasteiger partial charge in [-0.25, -0.2) is 9.78 Å². The zero-order chi connectivity index (χ0) is 30.9. The van der Waals surface area contributed by atoms with Gasteiger partial charge in [0.2, 0.25) is 24.0 Å². The predicted octanol–water partition coefficient (Wildman–Crippen LogP) is -1.37. The summed E-state index contributed by atoms with van der Waals surface area (Å²) in [4.78, 5) is 70.6. The maximum absolute atomic E-state index is 13.2. The van der Waals surface area contributed by atoms with Crippen LogP contribution in [-0.2, 0) is 35.4 Å². The molecule has 0 spiro atoms. The highest BCUT2D eigenvalue weighted by Crippen LogP contribution is 2.40. The number of thiazole rings is 1. The highest BCUT2D eigenvalue weighted by molar-refractivity contribution is 8.00. The Hall–Kier alpha value is -4.42. The Morgan fingerprint density at radius 1 is 1.40 bits per heavy atom. The van der Waals surface area contributed by atoms with Crippen LogP contribution in [0.4, 0.5) is 10.8 Å². The van der Waals surface area contributed by atoms with Crippen molar-refractivity contribution in [2.75, 3.05) is 16.8 Å². The lowest BCUT2D eigenvalue weighted by Gasteiger charge is -2.50. The summed E-state index contributed by atoms with van der Waals surface area (Å²) in [5.41, 5.74) is 5.00. The van der Waals surface area contributed by atoms with Crippen molar-refractivity contribution < 1.29 is 48.7 Å². The van der Waals surface area contributed by atoms with Crippen molar-refractivity contribution in [1.29, 1.82) is 0 Å². The van der Waals surface area contributed by atoms with Crippen LogP contribution in [0.5, 0.6) is 5.75 Å². The van der Waals surface area contributed by atoms with Crippen LogP contribution in [0, 0.1) is 0 Å². The quantitative estimate of drug-likeness (QED) is 0.0875. The van der Waals surface area contributed by atoms with E-state index in [1.807, 2.05) is 0 Å². The molecule has 0 aliphatic carbocycles. The normalized spacial score (nSPS) is 19.0. The van der Waals surface area contributed by atoms with Gasteiger partial charge < -0.3 is 41.3 Å². The Balaban J connectivity index is 1.55. The molecule has 0 saturated carbocycles. The lowest BCUT2D eigenvalue weighted by molar-refractivity contribution is -0.689. The van der Waals surface area contributed by atoms with Crippen molar-refractivity contribution >= 4 is 80.9 Å². The predicted molar refractivity (Wildman–Crippen MR) is 146 cm³/mol. The Labute approximate surface area is 249 Å². The lowest BCUT2D eigenvalue weighted by Crippen LogP contribution is -2.71. The molecule has 222 valence electrons. The molecular formula is C23H22ClN7O9S2. The Bertz CT molecular complexity index is 1560. The van der Waals surface area contributed by atoms with Crippen molar-refractivity contribution in [3.63, 3.8) is 0 Å². The summed E-state index contributed by atoms with van der Waals surface area (Å²) >= 11 is 8.11. The number of aliphatic carboxylic acids is 2. The largest absolute Gasteiger partial charge is 0.543 e. The first-order valence-electron chi connectivity index (χ1n) is 11.9. The fraction of sp³-hybridized carbons (Fsp3) is 0.304. The van der Waals surface area contributed by atoms with E-state index in [1.165, 1.54) is 48.6 Å². The van der Waals surface area contributed by atoms with Gasteiger partial charge in [0.15, 0.2) is 23.6 Å². The van der Waals surface area contributed by atoms with Gasteiger partial charge >= 0.3 is 5.97 Å². The van der Waals surface area contributed by atoms with Crippen molar-refractivity contribution in [1.82, 2.24) is 15.2 Å². The molecule has 1 saturated heterocycles. The Morgan fingerprint density at radius 2 is 2.12 bits per heavy atom. The first-order chi connectivity index (χ1) is 19.8. The Morgan fingerprint density at radius 3 is 2.69 bits per heavy atom. The summed E-state index contributed by atoms with van der Waals surface area (Å²) in [5, 5.41) is 39.0. The number of aromatic nitrogens is 2. The summed E-state index contributed by atoms with van der Waals surface area (Å²) < 4.78 is 1.43. The van der Waals surface area contributed by atoms with Crippen LogP contribution in [-0.4, -0.2) is 78.7 Å². The molecule has 2 unspecified atom stereocenters. The smallest absolute Gasteiger partial charge is 0.347 e. The number of nitrogens with one attached hydrogen (secondary N) is 2. The SMILES string of the molecule is CC(=O)Nc1cc[n+](CC2=C(C(=O)[O-])N3C(=O)C(NC(=O)/C(=N\O[C@@H](C)C(=O)O)c4nc(N)sc4Cl)C3SC2)cc1O. The summed E-state index contributed by atoms with van der Waals surface area (Å²) in [6, 6.07) is 0.237. The number of halogens is 1. The number of carboxylic acids is 2. The maximum Gasteiger partial charge on any atom is 0.347 e. The monoisotopic (exact) mass is 639 g/mol. The number of carboxylic acid groups (broad SMARTS) is 2. The molecular weight excluding hydrogens is 618 g/mol. The molecule has 16 nitrogen and oxygen atoms in total. The molecule has 3 atom stereocenters. The van der Waals surface area contributed by atoms with Crippen LogP contribution in [0.1, 0.15) is 19.5 Å². The van der Waals surface area contributed by atoms with Gasteiger partial charge in [0, 0.05) is 24.3 Å². The standard InChI is InChI=1S/C23H22ClN7O9S2/c1-8(21(36)37)40-29-14(13-17(24)42-23(25)28-13)18(34)27-15-19(35)31-16(22(38)39)10(7-41-20(15)31)5-30-4-3-11(12(33)6-30)26-9(2)32/h3-4,6,8,15,20H,5,7H2,1-2H3,(H6,25,27,28,33,34,36,37,38,39)/b29-14-/t8-,15?,20?/m0/s1. The fourth-order valence-corrected chi connectivity index (χ4v) is 6.24. The van der Waals surface area contributed by atoms with E-state index in [4.69, 9.17) is 27.3 Å². The van der Waals surface area contributed by atoms with E-state index in [9.17, 15) is 34.2 Å². The fourth-order valence-electron chi connectivity index (χ4n) is 3.97. The molecule has 3 amide bonds. The van der Waals surface area contributed by atoms with Crippen LogP contribution < -0.4 is 26.0 Å². The van der Waals surface area contributed by atoms with Crippen molar-refractivity contribution in [3.8, 4) is 5.75 Å². The number of rotatable bonds is 10. The molecule has 0 radical (unpaired) electrons. The first-order valence-corrected chi connectivity index (χ1v) is 14.1. The molecule has 2 aromatic rings. The molecule has 6 N–H and O–H groups in total. The molecule has 2 aliphatic rings. The van der Waals surface area contributed by atoms with E-state index >= 15 is 0 Å². The minimum absolute atomic E-state index is 0.0114. The number of oxime groups is 1. The van der Waals surface area contributed by atoms with Gasteiger partial charge in [-0.05, 0) is 6.92 Å². The number of pyridine rings is 1. The van der Waals surface area contributed by atoms with E-state index in [2.05, 4.69) is 20.8 Å². The van der Waals surface area contributed by atoms with Crippen LogP contribution in [0.2, 0.25) is 4.34 Å². The number of nitrogens with two attached hydrogens (primary N) is 1. The molecule has 0 bridgehead atoms. The number of aromatic hydroxyl groups is 1. The topological polar surface area (TPSA) is 241 Å². The van der Waals surface area contributed by atoms with Crippen molar-refractivity contribution in [2.24, 2.45) is 5.16 Å². The van der Waals surface area contributed by atoms with Gasteiger partial charge in [-0.1, -0.05) is 28.1 Å². The molecule has 19 heteroatoms. The summed E-state index contributed by atoms with van der Waals surface area (Å²) in [6.45, 7) is 2.42. The number of amides is 3. The van der Waals surface area contributed by atoms with Crippen LogP contribution >= 0.6 is 34.7 Å². The molecule has 2 aliphatic heterocycles. The Kier molecular flexibility index (Phi) is 8.88. The van der Waals surface area contributed by atoms with E-state index < -0.39 is 52.9 Å². The van der Waals surface area contributed by atoms with Crippen molar-refractivity contribution in [2.45, 2.75) is 37.9 Å². The number of hydrogen-bond donors (Lipinski definition) is 5. The minimum atomic E-state index is -1.61. The number of β-lactam (4-membered cyclic amide) rings is 1. The average Bonchev–Trinajstić information content (AvgIpc) is 3.25. The highest BCUT2D eigenvalue weighted by Gasteiger charge is 2.53. The third kappa shape index (κ3) is 6.24. The molecule has 4 rings (SSSR count). The number of anilines is 2. The number of carbonyl (C=O) groups is 5. The molecule has 42 heavy (non-hydrogen) atoms. The van der Waals surface area contributed by atoms with Gasteiger partial charge in [0.25, 0.3) is 11.8 Å². The van der Waals surface area contributed by atoms with Gasteiger partial charge in [-0.15, -0.1) is 11.8 Å². The average molecular weight is 640 g/mol.